The standard InChI is InChI=1S/C10H11N4O2/c1-2-5-14-9-7(10(16)13-14)6(8(11)15)3-4-12-9/h4H,2,5H2,1H3,(H2,11,15)(H,13,16). The molecular weight excluding hydrogens is 208 g/mol. The zero-order valence-corrected chi connectivity index (χ0v) is 8.78. The van der Waals surface area contributed by atoms with Crippen LogP contribution < -0.4 is 11.3 Å². The number of aromatic amines is 1. The van der Waals surface area contributed by atoms with Crippen molar-refractivity contribution in [2.75, 3.05) is 0 Å². The number of hydrogen-bond donors (Lipinski definition) is 2. The second-order valence-electron chi connectivity index (χ2n) is 3.43. The fraction of sp³-hybridized carbons (Fsp3) is 0.300. The zero-order chi connectivity index (χ0) is 11.7. The molecule has 2 rings (SSSR count). The van der Waals surface area contributed by atoms with Crippen molar-refractivity contribution in [3.8, 4) is 0 Å². The molecule has 0 bridgehead atoms. The molecule has 0 aliphatic rings. The monoisotopic (exact) mass is 219 g/mol. The Labute approximate surface area is 91.1 Å². The number of hydrogen-bond acceptors (Lipinski definition) is 3. The van der Waals surface area contributed by atoms with Crippen LogP contribution >= 0.6 is 0 Å². The molecule has 0 fully saturated rings. The summed E-state index contributed by atoms with van der Waals surface area (Å²) in [7, 11) is 0. The van der Waals surface area contributed by atoms with Crippen LogP contribution in [0.15, 0.2) is 11.0 Å². The number of amides is 1. The lowest BCUT2D eigenvalue weighted by Crippen LogP contribution is -2.14. The lowest BCUT2D eigenvalue weighted by molar-refractivity contribution is 0.100. The highest BCUT2D eigenvalue weighted by molar-refractivity contribution is 6.04. The Hall–Kier alpha value is -2.11. The van der Waals surface area contributed by atoms with Crippen LogP contribution in [-0.2, 0) is 6.54 Å². The largest absolute Gasteiger partial charge is 0.366 e. The Kier molecular flexibility index (Phi) is 2.47. The number of H-pyrrole nitrogens is 1. The van der Waals surface area contributed by atoms with Crippen LogP contribution in [0.25, 0.3) is 11.0 Å². The number of carbonyl (C=O) groups is 1. The van der Waals surface area contributed by atoms with Crippen molar-refractivity contribution in [1.29, 1.82) is 0 Å². The molecule has 0 aromatic carbocycles. The number of aromatic nitrogens is 3. The molecule has 2 heterocycles. The molecule has 0 saturated heterocycles. The van der Waals surface area contributed by atoms with Gasteiger partial charge in [-0.1, -0.05) is 6.92 Å². The number of aryl methyl sites for hydroxylation is 1. The molecule has 0 aliphatic carbocycles. The number of pyridine rings is 1. The second-order valence-corrected chi connectivity index (χ2v) is 3.43. The molecule has 6 nitrogen and oxygen atoms in total. The molecule has 3 N–H and O–H groups in total. The molecule has 2 aromatic heterocycles. The van der Waals surface area contributed by atoms with E-state index < -0.39 is 5.91 Å². The smallest absolute Gasteiger partial charge is 0.274 e. The number of rotatable bonds is 3. The third kappa shape index (κ3) is 1.48. The van der Waals surface area contributed by atoms with E-state index in [0.717, 1.165) is 6.42 Å². The molecule has 6 heteroatoms. The summed E-state index contributed by atoms with van der Waals surface area (Å²) in [6.45, 7) is 2.61. The van der Waals surface area contributed by atoms with Crippen molar-refractivity contribution in [3.05, 3.63) is 28.2 Å². The third-order valence-electron chi connectivity index (χ3n) is 2.28. The summed E-state index contributed by atoms with van der Waals surface area (Å²) in [5, 5.41) is 2.83. The summed E-state index contributed by atoms with van der Waals surface area (Å²) < 4.78 is 1.61. The van der Waals surface area contributed by atoms with Gasteiger partial charge in [-0.3, -0.25) is 19.4 Å². The minimum Gasteiger partial charge on any atom is -0.366 e. The first kappa shape index (κ1) is 10.4. The third-order valence-corrected chi connectivity index (χ3v) is 2.28. The Bertz CT molecular complexity index is 596. The lowest BCUT2D eigenvalue weighted by atomic mass is 10.2. The van der Waals surface area contributed by atoms with Gasteiger partial charge in [-0.15, -0.1) is 0 Å². The van der Waals surface area contributed by atoms with Crippen LogP contribution in [0.5, 0.6) is 0 Å². The average molecular weight is 219 g/mol. The van der Waals surface area contributed by atoms with Crippen molar-refractivity contribution >= 4 is 16.9 Å². The van der Waals surface area contributed by atoms with Gasteiger partial charge in [-0.05, 0) is 6.42 Å². The normalized spacial score (nSPS) is 10.8. The van der Waals surface area contributed by atoms with Gasteiger partial charge in [-0.2, -0.15) is 0 Å². The molecule has 1 radical (unpaired) electrons. The van der Waals surface area contributed by atoms with E-state index in [2.05, 4.69) is 16.1 Å². The molecule has 0 spiro atoms. The van der Waals surface area contributed by atoms with E-state index in [-0.39, 0.29) is 16.5 Å². The first-order valence-electron chi connectivity index (χ1n) is 4.94. The molecule has 0 aliphatic heterocycles. The van der Waals surface area contributed by atoms with Gasteiger partial charge in [0, 0.05) is 18.8 Å². The molecule has 2 aromatic rings. The number of nitrogens with two attached hydrogens (primary N) is 1. The molecule has 83 valence electrons. The minimum atomic E-state index is -0.674. The van der Waals surface area contributed by atoms with Gasteiger partial charge in [-0.25, -0.2) is 4.98 Å². The topological polar surface area (TPSA) is 93.8 Å². The fourth-order valence-electron chi connectivity index (χ4n) is 1.64. The highest BCUT2D eigenvalue weighted by Crippen LogP contribution is 2.11. The van der Waals surface area contributed by atoms with E-state index in [1.54, 1.807) is 4.68 Å². The fourth-order valence-corrected chi connectivity index (χ4v) is 1.64. The number of nitrogens with one attached hydrogen (secondary N) is 1. The van der Waals surface area contributed by atoms with E-state index in [9.17, 15) is 9.59 Å². The van der Waals surface area contributed by atoms with E-state index in [4.69, 9.17) is 5.73 Å². The van der Waals surface area contributed by atoms with E-state index in [1.807, 2.05) is 6.92 Å². The van der Waals surface area contributed by atoms with Gasteiger partial charge in [0.2, 0.25) is 5.91 Å². The number of fused-ring (bicyclic) bond motifs is 1. The summed E-state index contributed by atoms with van der Waals surface area (Å²) >= 11 is 0. The SMILES string of the molecule is CCCn1[nH]c(=O)c2c(C(N)=O)[c]cnc21. The van der Waals surface area contributed by atoms with E-state index in [1.165, 1.54) is 6.20 Å². The first-order valence-corrected chi connectivity index (χ1v) is 4.94. The molecule has 0 saturated carbocycles. The summed E-state index contributed by atoms with van der Waals surface area (Å²) in [4.78, 5) is 26.8. The second kappa shape index (κ2) is 3.80. The number of nitrogens with zero attached hydrogens (tertiary/aromatic N) is 2. The van der Waals surface area contributed by atoms with Crippen LogP contribution in [0.2, 0.25) is 0 Å². The summed E-state index contributed by atoms with van der Waals surface area (Å²) in [6.07, 6.45) is 2.20. The number of primary amides is 1. The minimum absolute atomic E-state index is 0.0844. The molecule has 16 heavy (non-hydrogen) atoms. The van der Waals surface area contributed by atoms with Crippen LogP contribution in [0.1, 0.15) is 23.7 Å². The molecular formula is C10H11N4O2. The molecule has 1 amide bonds. The quantitative estimate of drug-likeness (QED) is 0.762. The Morgan fingerprint density at radius 1 is 1.69 bits per heavy atom. The van der Waals surface area contributed by atoms with Gasteiger partial charge in [0.05, 0.1) is 10.9 Å². The van der Waals surface area contributed by atoms with Crippen molar-refractivity contribution in [2.24, 2.45) is 5.73 Å². The van der Waals surface area contributed by atoms with E-state index in [0.29, 0.717) is 12.2 Å². The Balaban J connectivity index is 2.79. The summed E-state index contributed by atoms with van der Waals surface area (Å²) in [5.41, 5.74) is 5.34. The van der Waals surface area contributed by atoms with Crippen molar-refractivity contribution in [2.45, 2.75) is 19.9 Å². The van der Waals surface area contributed by atoms with Crippen molar-refractivity contribution < 1.29 is 4.79 Å². The highest BCUT2D eigenvalue weighted by atomic mass is 16.1. The summed E-state index contributed by atoms with van der Waals surface area (Å²) in [6, 6.07) is 2.59. The van der Waals surface area contributed by atoms with Gasteiger partial charge in [0.15, 0.2) is 5.65 Å². The van der Waals surface area contributed by atoms with Crippen molar-refractivity contribution in [3.63, 3.8) is 0 Å². The molecule has 0 atom stereocenters. The lowest BCUT2D eigenvalue weighted by Gasteiger charge is -2.00. The van der Waals surface area contributed by atoms with Crippen LogP contribution in [0.4, 0.5) is 0 Å². The van der Waals surface area contributed by atoms with Gasteiger partial charge >= 0.3 is 0 Å². The van der Waals surface area contributed by atoms with E-state index >= 15 is 0 Å². The van der Waals surface area contributed by atoms with Gasteiger partial charge in [0.25, 0.3) is 5.56 Å². The maximum absolute atomic E-state index is 11.7. The predicted molar refractivity (Wildman–Crippen MR) is 58.0 cm³/mol. The number of carbonyl (C=O) groups excluding carboxylic acids is 1. The van der Waals surface area contributed by atoms with Gasteiger partial charge in [0.1, 0.15) is 0 Å². The van der Waals surface area contributed by atoms with Gasteiger partial charge < -0.3 is 5.73 Å². The van der Waals surface area contributed by atoms with Crippen LogP contribution in [0.3, 0.4) is 0 Å². The summed E-state index contributed by atoms with van der Waals surface area (Å²) in [5.74, 6) is -0.674. The van der Waals surface area contributed by atoms with Crippen molar-refractivity contribution in [1.82, 2.24) is 14.8 Å². The molecule has 0 unspecified atom stereocenters. The Morgan fingerprint density at radius 3 is 3.06 bits per heavy atom. The Morgan fingerprint density at radius 2 is 2.44 bits per heavy atom. The first-order chi connectivity index (χ1) is 7.65. The van der Waals surface area contributed by atoms with Crippen LogP contribution in [0, 0.1) is 6.07 Å². The average Bonchev–Trinajstić information content (AvgIpc) is 2.57. The maximum atomic E-state index is 11.7. The predicted octanol–water partition coefficient (Wildman–Crippen LogP) is 0.0337. The zero-order valence-electron chi connectivity index (χ0n) is 8.78. The maximum Gasteiger partial charge on any atom is 0.274 e. The van der Waals surface area contributed by atoms with Crippen LogP contribution in [-0.4, -0.2) is 20.7 Å². The highest BCUT2D eigenvalue weighted by Gasteiger charge is 2.15.